The van der Waals surface area contributed by atoms with Crippen LogP contribution >= 0.6 is 0 Å². The van der Waals surface area contributed by atoms with Crippen LogP contribution in [0.4, 0.5) is 44.5 Å². The Hall–Kier alpha value is -4.73. The molecule has 0 aliphatic carbocycles. The molecule has 0 saturated carbocycles. The third kappa shape index (κ3) is 5.05. The summed E-state index contributed by atoms with van der Waals surface area (Å²) in [6.45, 7) is 0. The van der Waals surface area contributed by atoms with E-state index >= 15 is 0 Å². The van der Waals surface area contributed by atoms with Gasteiger partial charge < -0.3 is 10.6 Å². The van der Waals surface area contributed by atoms with Crippen molar-refractivity contribution in [3.8, 4) is 0 Å². The van der Waals surface area contributed by atoms with Gasteiger partial charge in [0.1, 0.15) is 12.1 Å². The molecule has 0 atom stereocenters. The standard InChI is InChI=1S/C22H16FN7O2/c23-15-6-8-16(9-7-15)26-21-20(30(31)32)22(25-14-24-21)27-17-10-12-19(13-11-17)29-28-18-4-2-1-3-5-18/h1-14H,(H2,24,25,26,27). The van der Waals surface area contributed by atoms with Crippen molar-refractivity contribution >= 4 is 40.1 Å². The normalized spacial score (nSPS) is 10.8. The fourth-order valence-corrected chi connectivity index (χ4v) is 2.76. The Morgan fingerprint density at radius 2 is 1.25 bits per heavy atom. The Labute approximate surface area is 181 Å². The molecular weight excluding hydrogens is 413 g/mol. The number of nitrogens with zero attached hydrogens (tertiary/aromatic N) is 5. The molecule has 1 heterocycles. The van der Waals surface area contributed by atoms with E-state index in [1.807, 2.05) is 30.3 Å². The number of hydrogen-bond acceptors (Lipinski definition) is 8. The molecule has 0 saturated heterocycles. The van der Waals surface area contributed by atoms with Crippen molar-refractivity contribution in [2.75, 3.05) is 10.6 Å². The number of azo groups is 1. The number of anilines is 4. The van der Waals surface area contributed by atoms with Crippen molar-refractivity contribution in [1.29, 1.82) is 0 Å². The topological polar surface area (TPSA) is 118 Å². The van der Waals surface area contributed by atoms with E-state index in [0.29, 0.717) is 17.1 Å². The van der Waals surface area contributed by atoms with Crippen LogP contribution in [-0.4, -0.2) is 14.9 Å². The fourth-order valence-electron chi connectivity index (χ4n) is 2.76. The highest BCUT2D eigenvalue weighted by Gasteiger charge is 2.23. The van der Waals surface area contributed by atoms with Crippen LogP contribution in [-0.2, 0) is 0 Å². The predicted octanol–water partition coefficient (Wildman–Crippen LogP) is 6.43. The summed E-state index contributed by atoms with van der Waals surface area (Å²) in [4.78, 5) is 19.1. The van der Waals surface area contributed by atoms with Crippen LogP contribution < -0.4 is 10.6 Å². The quantitative estimate of drug-likeness (QED) is 0.199. The van der Waals surface area contributed by atoms with E-state index in [4.69, 9.17) is 0 Å². The second-order valence-corrected chi connectivity index (χ2v) is 6.52. The molecule has 0 fully saturated rings. The SMILES string of the molecule is O=[N+]([O-])c1c(Nc2ccc(F)cc2)ncnc1Nc1ccc(N=Nc2ccccc2)cc1. The number of nitro groups is 1. The Morgan fingerprint density at radius 3 is 1.78 bits per heavy atom. The van der Waals surface area contributed by atoms with Gasteiger partial charge in [-0.05, 0) is 60.7 Å². The lowest BCUT2D eigenvalue weighted by Crippen LogP contribution is -2.05. The van der Waals surface area contributed by atoms with E-state index in [9.17, 15) is 14.5 Å². The Morgan fingerprint density at radius 1 is 0.750 bits per heavy atom. The highest BCUT2D eigenvalue weighted by atomic mass is 19.1. The van der Waals surface area contributed by atoms with Gasteiger partial charge >= 0.3 is 5.69 Å². The van der Waals surface area contributed by atoms with E-state index in [1.165, 1.54) is 30.6 Å². The Bertz CT molecular complexity index is 1250. The van der Waals surface area contributed by atoms with Gasteiger partial charge in [0.2, 0.25) is 11.6 Å². The average Bonchev–Trinajstić information content (AvgIpc) is 2.81. The summed E-state index contributed by atoms with van der Waals surface area (Å²) in [5.74, 6) is -0.428. The van der Waals surface area contributed by atoms with Crippen molar-refractivity contribution in [1.82, 2.24) is 9.97 Å². The molecule has 3 aromatic carbocycles. The van der Waals surface area contributed by atoms with Gasteiger partial charge in [0.15, 0.2) is 0 Å². The van der Waals surface area contributed by atoms with Gasteiger partial charge in [-0.25, -0.2) is 14.4 Å². The maximum absolute atomic E-state index is 13.1. The first-order valence-corrected chi connectivity index (χ1v) is 9.44. The van der Waals surface area contributed by atoms with E-state index < -0.39 is 10.7 Å². The Kier molecular flexibility index (Phi) is 6.03. The maximum atomic E-state index is 13.1. The van der Waals surface area contributed by atoms with E-state index in [2.05, 4.69) is 30.8 Å². The van der Waals surface area contributed by atoms with Crippen LogP contribution in [0.2, 0.25) is 0 Å². The first kappa shape index (κ1) is 20.5. The summed E-state index contributed by atoms with van der Waals surface area (Å²) in [6.07, 6.45) is 1.20. The molecule has 4 aromatic rings. The van der Waals surface area contributed by atoms with Crippen LogP contribution in [0.15, 0.2) is 95.4 Å². The summed E-state index contributed by atoms with van der Waals surface area (Å²) in [7, 11) is 0. The molecule has 0 radical (unpaired) electrons. The van der Waals surface area contributed by atoms with Gasteiger partial charge in [-0.2, -0.15) is 10.2 Å². The highest BCUT2D eigenvalue weighted by Crippen LogP contribution is 2.33. The zero-order chi connectivity index (χ0) is 22.3. The summed E-state index contributed by atoms with van der Waals surface area (Å²) in [6, 6.07) is 21.6. The second-order valence-electron chi connectivity index (χ2n) is 6.52. The van der Waals surface area contributed by atoms with Crippen molar-refractivity contribution in [2.45, 2.75) is 0 Å². The molecule has 9 nitrogen and oxygen atoms in total. The van der Waals surface area contributed by atoms with Crippen LogP contribution in [0.25, 0.3) is 0 Å². The van der Waals surface area contributed by atoms with Gasteiger partial charge in [-0.1, -0.05) is 18.2 Å². The monoisotopic (exact) mass is 429 g/mol. The highest BCUT2D eigenvalue weighted by molar-refractivity contribution is 5.76. The number of hydrogen-bond donors (Lipinski definition) is 2. The number of rotatable bonds is 7. The molecule has 0 aliphatic heterocycles. The smallest absolute Gasteiger partial charge is 0.334 e. The van der Waals surface area contributed by atoms with Gasteiger partial charge in [0.25, 0.3) is 0 Å². The summed E-state index contributed by atoms with van der Waals surface area (Å²) in [5, 5.41) is 25.8. The molecule has 4 rings (SSSR count). The molecule has 0 unspecified atom stereocenters. The predicted molar refractivity (Wildman–Crippen MR) is 119 cm³/mol. The van der Waals surface area contributed by atoms with Gasteiger partial charge in [0.05, 0.1) is 16.3 Å². The molecule has 0 spiro atoms. The molecular formula is C22H16FN7O2. The number of aromatic nitrogens is 2. The maximum Gasteiger partial charge on any atom is 0.353 e. The van der Waals surface area contributed by atoms with E-state index in [1.54, 1.807) is 24.3 Å². The van der Waals surface area contributed by atoms with Gasteiger partial charge in [-0.15, -0.1) is 0 Å². The molecule has 0 aliphatic rings. The zero-order valence-electron chi connectivity index (χ0n) is 16.5. The van der Waals surface area contributed by atoms with Crippen molar-refractivity contribution < 1.29 is 9.31 Å². The van der Waals surface area contributed by atoms with Gasteiger partial charge in [0, 0.05) is 11.4 Å². The van der Waals surface area contributed by atoms with Crippen LogP contribution in [0.1, 0.15) is 0 Å². The van der Waals surface area contributed by atoms with E-state index in [-0.39, 0.29) is 17.3 Å². The fraction of sp³-hybridized carbons (Fsp3) is 0. The van der Waals surface area contributed by atoms with Crippen molar-refractivity contribution in [3.63, 3.8) is 0 Å². The second kappa shape index (κ2) is 9.39. The van der Waals surface area contributed by atoms with E-state index in [0.717, 1.165) is 5.69 Å². The zero-order valence-corrected chi connectivity index (χ0v) is 16.5. The largest absolute Gasteiger partial charge is 0.353 e. The number of halogens is 1. The molecule has 2 N–H and O–H groups in total. The lowest BCUT2D eigenvalue weighted by Gasteiger charge is -2.10. The van der Waals surface area contributed by atoms with Crippen LogP contribution in [0, 0.1) is 15.9 Å². The lowest BCUT2D eigenvalue weighted by atomic mass is 10.2. The molecule has 0 amide bonds. The lowest BCUT2D eigenvalue weighted by molar-refractivity contribution is -0.383. The molecule has 1 aromatic heterocycles. The van der Waals surface area contributed by atoms with Crippen LogP contribution in [0.5, 0.6) is 0 Å². The Balaban J connectivity index is 1.54. The first-order valence-electron chi connectivity index (χ1n) is 9.44. The first-order chi connectivity index (χ1) is 15.6. The minimum atomic E-state index is -0.587. The minimum absolute atomic E-state index is 0.00766. The third-order valence-electron chi connectivity index (χ3n) is 4.28. The third-order valence-corrected chi connectivity index (χ3v) is 4.28. The summed E-state index contributed by atoms with van der Waals surface area (Å²) < 4.78 is 13.1. The average molecular weight is 429 g/mol. The molecule has 158 valence electrons. The number of benzene rings is 3. The molecule has 0 bridgehead atoms. The van der Waals surface area contributed by atoms with Crippen molar-refractivity contribution in [2.24, 2.45) is 10.2 Å². The van der Waals surface area contributed by atoms with Crippen LogP contribution in [0.3, 0.4) is 0 Å². The number of nitrogens with one attached hydrogen (secondary N) is 2. The van der Waals surface area contributed by atoms with Gasteiger partial charge in [-0.3, -0.25) is 10.1 Å². The van der Waals surface area contributed by atoms with Crippen molar-refractivity contribution in [3.05, 3.63) is 101 Å². The summed E-state index contributed by atoms with van der Waals surface area (Å²) >= 11 is 0. The minimum Gasteiger partial charge on any atom is -0.334 e. The molecule has 32 heavy (non-hydrogen) atoms. The summed E-state index contributed by atoms with van der Waals surface area (Å²) in [5.41, 5.74) is 2.03. The molecule has 10 heteroatoms.